The van der Waals surface area contributed by atoms with E-state index in [1.807, 2.05) is 24.3 Å². The third-order valence-corrected chi connectivity index (χ3v) is 3.61. The van der Waals surface area contributed by atoms with Gasteiger partial charge in [0.05, 0.1) is 6.61 Å². The molecule has 0 N–H and O–H groups in total. The number of carbonyl (C=O) groups excluding carboxylic acids is 1. The van der Waals surface area contributed by atoms with Gasteiger partial charge in [0.15, 0.2) is 0 Å². The molecule has 0 amide bonds. The molecule has 0 radical (unpaired) electrons. The molecule has 15 heavy (non-hydrogen) atoms. The third kappa shape index (κ3) is 2.29. The van der Waals surface area contributed by atoms with Crippen LogP contribution < -0.4 is 0 Å². The zero-order valence-corrected chi connectivity index (χ0v) is 9.94. The molecule has 2 nitrogen and oxygen atoms in total. The van der Waals surface area contributed by atoms with Crippen molar-refractivity contribution < 1.29 is 9.53 Å². The fraction of sp³-hybridized carbons (Fsp3) is 0.417. The first kappa shape index (κ1) is 10.8. The Morgan fingerprint density at radius 3 is 2.87 bits per heavy atom. The Bertz CT molecular complexity index is 345. The van der Waals surface area contributed by atoms with Crippen LogP contribution in [0.4, 0.5) is 0 Å². The average molecular weight is 269 g/mol. The SMILES string of the molecule is O=CC(c1ccccc1Br)C1CCOC1. The van der Waals surface area contributed by atoms with Crippen molar-refractivity contribution in [1.82, 2.24) is 0 Å². The molecule has 0 spiro atoms. The molecule has 1 aromatic carbocycles. The fourth-order valence-corrected chi connectivity index (χ4v) is 2.57. The van der Waals surface area contributed by atoms with Crippen LogP contribution in [0.3, 0.4) is 0 Å². The number of rotatable bonds is 3. The van der Waals surface area contributed by atoms with Crippen molar-refractivity contribution in [3.8, 4) is 0 Å². The zero-order chi connectivity index (χ0) is 10.7. The molecule has 80 valence electrons. The van der Waals surface area contributed by atoms with Crippen molar-refractivity contribution in [1.29, 1.82) is 0 Å². The molecule has 1 aliphatic rings. The monoisotopic (exact) mass is 268 g/mol. The Morgan fingerprint density at radius 1 is 1.47 bits per heavy atom. The highest BCUT2D eigenvalue weighted by molar-refractivity contribution is 9.10. The van der Waals surface area contributed by atoms with Gasteiger partial charge in [0.2, 0.25) is 0 Å². The molecule has 0 saturated carbocycles. The van der Waals surface area contributed by atoms with Crippen LogP contribution in [0.2, 0.25) is 0 Å². The number of halogens is 1. The second-order valence-corrected chi connectivity index (χ2v) is 4.66. The third-order valence-electron chi connectivity index (χ3n) is 2.88. The van der Waals surface area contributed by atoms with Crippen molar-refractivity contribution in [2.75, 3.05) is 13.2 Å². The van der Waals surface area contributed by atoms with E-state index in [4.69, 9.17) is 4.74 Å². The summed E-state index contributed by atoms with van der Waals surface area (Å²) in [5.41, 5.74) is 1.07. The summed E-state index contributed by atoms with van der Waals surface area (Å²) in [7, 11) is 0. The van der Waals surface area contributed by atoms with Gasteiger partial charge in [0.1, 0.15) is 6.29 Å². The summed E-state index contributed by atoms with van der Waals surface area (Å²) in [5, 5.41) is 0. The Morgan fingerprint density at radius 2 is 2.27 bits per heavy atom. The van der Waals surface area contributed by atoms with Crippen LogP contribution in [0, 0.1) is 5.92 Å². The van der Waals surface area contributed by atoms with E-state index in [1.165, 1.54) is 0 Å². The summed E-state index contributed by atoms with van der Waals surface area (Å²) >= 11 is 3.49. The number of hydrogen-bond acceptors (Lipinski definition) is 2. The average Bonchev–Trinajstić information content (AvgIpc) is 2.75. The molecule has 1 heterocycles. The van der Waals surface area contributed by atoms with Gasteiger partial charge in [-0.25, -0.2) is 0 Å². The molecule has 1 aromatic rings. The maximum atomic E-state index is 11.2. The molecule has 2 atom stereocenters. The second-order valence-electron chi connectivity index (χ2n) is 3.81. The minimum absolute atomic E-state index is 0.0388. The molecule has 1 aliphatic heterocycles. The summed E-state index contributed by atoms with van der Waals surface area (Å²) in [5.74, 6) is 0.296. The van der Waals surface area contributed by atoms with Crippen LogP contribution in [0.5, 0.6) is 0 Å². The first-order valence-corrected chi connectivity index (χ1v) is 5.89. The van der Waals surface area contributed by atoms with E-state index in [0.29, 0.717) is 12.5 Å². The smallest absolute Gasteiger partial charge is 0.127 e. The van der Waals surface area contributed by atoms with Crippen molar-refractivity contribution in [3.63, 3.8) is 0 Å². The number of carbonyl (C=O) groups is 1. The van der Waals surface area contributed by atoms with Gasteiger partial charge in [-0.1, -0.05) is 34.1 Å². The van der Waals surface area contributed by atoms with Crippen molar-refractivity contribution in [2.45, 2.75) is 12.3 Å². The minimum atomic E-state index is -0.0388. The van der Waals surface area contributed by atoms with Crippen molar-refractivity contribution in [2.24, 2.45) is 5.92 Å². The van der Waals surface area contributed by atoms with Gasteiger partial charge in [0, 0.05) is 17.0 Å². The lowest BCUT2D eigenvalue weighted by Crippen LogP contribution is -2.14. The Hall–Kier alpha value is -0.670. The number of benzene rings is 1. The summed E-state index contributed by atoms with van der Waals surface area (Å²) in [4.78, 5) is 11.2. The molecule has 1 fully saturated rings. The molecule has 0 bridgehead atoms. The van der Waals surface area contributed by atoms with E-state index in [1.54, 1.807) is 0 Å². The molecule has 2 unspecified atom stereocenters. The van der Waals surface area contributed by atoms with Crippen LogP contribution in [0.25, 0.3) is 0 Å². The quantitative estimate of drug-likeness (QED) is 0.789. The highest BCUT2D eigenvalue weighted by Gasteiger charge is 2.27. The highest BCUT2D eigenvalue weighted by atomic mass is 79.9. The van der Waals surface area contributed by atoms with E-state index in [-0.39, 0.29) is 5.92 Å². The molecular weight excluding hydrogens is 256 g/mol. The van der Waals surface area contributed by atoms with Gasteiger partial charge in [-0.2, -0.15) is 0 Å². The van der Waals surface area contributed by atoms with Gasteiger partial charge in [-0.15, -0.1) is 0 Å². The summed E-state index contributed by atoms with van der Waals surface area (Å²) in [6.07, 6.45) is 2.02. The largest absolute Gasteiger partial charge is 0.381 e. The summed E-state index contributed by atoms with van der Waals surface area (Å²) < 4.78 is 6.34. The summed E-state index contributed by atoms with van der Waals surface area (Å²) in [6.45, 7) is 1.48. The first-order chi connectivity index (χ1) is 7.33. The predicted octanol–water partition coefficient (Wildman–Crippen LogP) is 2.77. The summed E-state index contributed by atoms with van der Waals surface area (Å²) in [6, 6.07) is 7.90. The number of aldehydes is 1. The molecule has 0 aliphatic carbocycles. The van der Waals surface area contributed by atoms with Gasteiger partial charge in [-0.3, -0.25) is 0 Å². The van der Waals surface area contributed by atoms with Gasteiger partial charge >= 0.3 is 0 Å². The van der Waals surface area contributed by atoms with Gasteiger partial charge in [-0.05, 0) is 24.0 Å². The van der Waals surface area contributed by atoms with Gasteiger partial charge in [0.25, 0.3) is 0 Å². The predicted molar refractivity (Wildman–Crippen MR) is 61.9 cm³/mol. The Balaban J connectivity index is 2.26. The molecule has 2 rings (SSSR count). The van der Waals surface area contributed by atoms with E-state index in [2.05, 4.69) is 15.9 Å². The maximum Gasteiger partial charge on any atom is 0.127 e. The topological polar surface area (TPSA) is 26.3 Å². The fourth-order valence-electron chi connectivity index (χ4n) is 2.02. The van der Waals surface area contributed by atoms with Crippen LogP contribution in [-0.4, -0.2) is 19.5 Å². The van der Waals surface area contributed by atoms with Crippen LogP contribution in [0.15, 0.2) is 28.7 Å². The van der Waals surface area contributed by atoms with E-state index < -0.39 is 0 Å². The maximum absolute atomic E-state index is 11.2. The lowest BCUT2D eigenvalue weighted by atomic mass is 9.87. The Labute approximate surface area is 97.8 Å². The van der Waals surface area contributed by atoms with Crippen LogP contribution in [-0.2, 0) is 9.53 Å². The number of hydrogen-bond donors (Lipinski definition) is 0. The first-order valence-electron chi connectivity index (χ1n) is 5.10. The molecule has 0 aromatic heterocycles. The van der Waals surface area contributed by atoms with Crippen molar-refractivity contribution >= 4 is 22.2 Å². The lowest BCUT2D eigenvalue weighted by molar-refractivity contribution is -0.110. The van der Waals surface area contributed by atoms with E-state index in [9.17, 15) is 4.79 Å². The molecule has 3 heteroatoms. The molecule has 1 saturated heterocycles. The second kappa shape index (κ2) is 4.90. The number of ether oxygens (including phenoxy) is 1. The Kier molecular flexibility index (Phi) is 3.54. The van der Waals surface area contributed by atoms with E-state index in [0.717, 1.165) is 29.4 Å². The van der Waals surface area contributed by atoms with Gasteiger partial charge < -0.3 is 9.53 Å². The lowest BCUT2D eigenvalue weighted by Gasteiger charge is -2.17. The molecular formula is C12H13BrO2. The zero-order valence-electron chi connectivity index (χ0n) is 8.36. The van der Waals surface area contributed by atoms with E-state index >= 15 is 0 Å². The minimum Gasteiger partial charge on any atom is -0.381 e. The van der Waals surface area contributed by atoms with Crippen LogP contribution in [0.1, 0.15) is 17.9 Å². The standard InChI is InChI=1S/C12H13BrO2/c13-12-4-2-1-3-10(12)11(7-14)9-5-6-15-8-9/h1-4,7,9,11H,5-6,8H2. The van der Waals surface area contributed by atoms with Crippen molar-refractivity contribution in [3.05, 3.63) is 34.3 Å². The van der Waals surface area contributed by atoms with Crippen LogP contribution >= 0.6 is 15.9 Å². The highest BCUT2D eigenvalue weighted by Crippen LogP contribution is 2.33. The normalized spacial score (nSPS) is 22.6.